The van der Waals surface area contributed by atoms with Crippen molar-refractivity contribution in [3.63, 3.8) is 0 Å². The molecular formula is C18H27IN6O2. The number of guanidine groups is 1. The van der Waals surface area contributed by atoms with Crippen molar-refractivity contribution in [2.24, 2.45) is 12.0 Å². The molecule has 0 spiro atoms. The number of morpholine rings is 1. The summed E-state index contributed by atoms with van der Waals surface area (Å²) in [5, 5.41) is 7.62. The van der Waals surface area contributed by atoms with E-state index in [-0.39, 0.29) is 30.1 Å². The van der Waals surface area contributed by atoms with Gasteiger partial charge in [-0.15, -0.1) is 24.0 Å². The minimum atomic E-state index is 0. The number of aromatic nitrogens is 3. The molecule has 1 saturated heterocycles. The molecule has 0 radical (unpaired) electrons. The van der Waals surface area contributed by atoms with E-state index < -0.39 is 0 Å². The van der Waals surface area contributed by atoms with E-state index >= 15 is 0 Å². The van der Waals surface area contributed by atoms with E-state index in [1.54, 1.807) is 18.0 Å². The van der Waals surface area contributed by atoms with E-state index in [4.69, 9.17) is 14.5 Å². The number of hydrogen-bond acceptors (Lipinski definition) is 5. The highest BCUT2D eigenvalue weighted by Crippen LogP contribution is 2.21. The van der Waals surface area contributed by atoms with Crippen LogP contribution in [-0.4, -0.2) is 59.0 Å². The molecule has 2 aromatic rings. The SMILES string of the molecule is CCNC(=NCc1ccc(OC)nc1)N1CCOC(c2cnn(C)c2)C1.I. The number of hydrogen-bond donors (Lipinski definition) is 1. The van der Waals surface area contributed by atoms with Gasteiger partial charge in [-0.05, 0) is 12.5 Å². The van der Waals surface area contributed by atoms with Gasteiger partial charge in [-0.2, -0.15) is 5.10 Å². The standard InChI is InChI=1S/C18H26N6O2.HI/c1-4-19-18(21-10-14-5-6-17(25-3)20-9-14)24-7-8-26-16(13-24)15-11-22-23(2)12-15;/h5-6,9,11-12,16H,4,7-8,10,13H2,1-3H3,(H,19,21);1H. The van der Waals surface area contributed by atoms with Crippen LogP contribution in [0.25, 0.3) is 0 Å². The summed E-state index contributed by atoms with van der Waals surface area (Å²) in [5.74, 6) is 1.50. The molecule has 1 unspecified atom stereocenters. The molecule has 0 aromatic carbocycles. The largest absolute Gasteiger partial charge is 0.481 e. The monoisotopic (exact) mass is 486 g/mol. The highest BCUT2D eigenvalue weighted by atomic mass is 127. The topological polar surface area (TPSA) is 76.8 Å². The predicted octanol–water partition coefficient (Wildman–Crippen LogP) is 1.98. The molecular weight excluding hydrogens is 459 g/mol. The summed E-state index contributed by atoms with van der Waals surface area (Å²) in [4.78, 5) is 11.2. The molecule has 9 heteroatoms. The second kappa shape index (κ2) is 10.5. The first-order chi connectivity index (χ1) is 12.7. The van der Waals surface area contributed by atoms with Crippen molar-refractivity contribution >= 4 is 29.9 Å². The summed E-state index contributed by atoms with van der Waals surface area (Å²) in [7, 11) is 3.53. The number of aliphatic imine (C=N–C) groups is 1. The van der Waals surface area contributed by atoms with Gasteiger partial charge in [0.2, 0.25) is 5.88 Å². The van der Waals surface area contributed by atoms with Crippen molar-refractivity contribution in [1.82, 2.24) is 25.0 Å². The van der Waals surface area contributed by atoms with Gasteiger partial charge in [-0.1, -0.05) is 6.07 Å². The maximum atomic E-state index is 5.92. The molecule has 0 amide bonds. The van der Waals surface area contributed by atoms with E-state index in [1.807, 2.05) is 31.6 Å². The number of pyridine rings is 1. The Bertz CT molecular complexity index is 734. The lowest BCUT2D eigenvalue weighted by Crippen LogP contribution is -2.48. The van der Waals surface area contributed by atoms with Gasteiger partial charge >= 0.3 is 0 Å². The van der Waals surface area contributed by atoms with Gasteiger partial charge in [0, 0.05) is 44.2 Å². The maximum absolute atomic E-state index is 5.92. The lowest BCUT2D eigenvalue weighted by molar-refractivity contribution is -0.00805. The van der Waals surface area contributed by atoms with Crippen molar-refractivity contribution in [3.8, 4) is 5.88 Å². The summed E-state index contributed by atoms with van der Waals surface area (Å²) < 4.78 is 12.8. The van der Waals surface area contributed by atoms with Crippen molar-refractivity contribution < 1.29 is 9.47 Å². The smallest absolute Gasteiger partial charge is 0.212 e. The first-order valence-corrected chi connectivity index (χ1v) is 8.82. The normalized spacial score (nSPS) is 17.4. The van der Waals surface area contributed by atoms with Crippen LogP contribution in [0.4, 0.5) is 0 Å². The molecule has 2 aromatic heterocycles. The zero-order chi connectivity index (χ0) is 18.4. The highest BCUT2D eigenvalue weighted by Gasteiger charge is 2.25. The van der Waals surface area contributed by atoms with Crippen molar-refractivity contribution in [3.05, 3.63) is 41.9 Å². The zero-order valence-electron chi connectivity index (χ0n) is 16.0. The van der Waals surface area contributed by atoms with Crippen LogP contribution in [0.5, 0.6) is 5.88 Å². The number of ether oxygens (including phenoxy) is 2. The molecule has 1 N–H and O–H groups in total. The first-order valence-electron chi connectivity index (χ1n) is 8.82. The summed E-state index contributed by atoms with van der Waals surface area (Å²) in [5.41, 5.74) is 2.13. The zero-order valence-corrected chi connectivity index (χ0v) is 18.3. The average molecular weight is 486 g/mol. The van der Waals surface area contributed by atoms with Gasteiger partial charge in [0.15, 0.2) is 5.96 Å². The van der Waals surface area contributed by atoms with Gasteiger partial charge in [0.1, 0.15) is 6.10 Å². The van der Waals surface area contributed by atoms with Crippen LogP contribution >= 0.6 is 24.0 Å². The van der Waals surface area contributed by atoms with Crippen LogP contribution in [0.15, 0.2) is 35.7 Å². The van der Waals surface area contributed by atoms with E-state index in [2.05, 4.69) is 27.2 Å². The molecule has 3 heterocycles. The first kappa shape index (κ1) is 21.4. The van der Waals surface area contributed by atoms with E-state index in [0.29, 0.717) is 19.0 Å². The molecule has 0 saturated carbocycles. The van der Waals surface area contributed by atoms with E-state index in [1.165, 1.54) is 0 Å². The number of aryl methyl sites for hydroxylation is 1. The van der Waals surface area contributed by atoms with Crippen LogP contribution in [0.1, 0.15) is 24.2 Å². The molecule has 1 aliphatic heterocycles. The average Bonchev–Trinajstić information content (AvgIpc) is 3.12. The van der Waals surface area contributed by atoms with Crippen LogP contribution in [0.2, 0.25) is 0 Å². The van der Waals surface area contributed by atoms with E-state index in [0.717, 1.165) is 36.7 Å². The number of methoxy groups -OCH3 is 1. The van der Waals surface area contributed by atoms with Gasteiger partial charge in [0.05, 0.1) is 33.0 Å². The number of rotatable bonds is 5. The molecule has 1 atom stereocenters. The fourth-order valence-corrected chi connectivity index (χ4v) is 2.87. The molecule has 148 valence electrons. The summed E-state index contributed by atoms with van der Waals surface area (Å²) in [6.45, 7) is 5.67. The highest BCUT2D eigenvalue weighted by molar-refractivity contribution is 14.0. The fraction of sp³-hybridized carbons (Fsp3) is 0.500. The lowest BCUT2D eigenvalue weighted by Gasteiger charge is -2.34. The third-order valence-electron chi connectivity index (χ3n) is 4.22. The Morgan fingerprint density at radius 1 is 1.41 bits per heavy atom. The minimum absolute atomic E-state index is 0. The van der Waals surface area contributed by atoms with Gasteiger partial charge in [0.25, 0.3) is 0 Å². The molecule has 8 nitrogen and oxygen atoms in total. The summed E-state index contributed by atoms with van der Waals surface area (Å²) >= 11 is 0. The Hall–Kier alpha value is -1.88. The summed E-state index contributed by atoms with van der Waals surface area (Å²) in [6.07, 6.45) is 5.66. The fourth-order valence-electron chi connectivity index (χ4n) is 2.87. The second-order valence-corrected chi connectivity index (χ2v) is 6.13. The molecule has 27 heavy (non-hydrogen) atoms. The predicted molar refractivity (Wildman–Crippen MR) is 114 cm³/mol. The third kappa shape index (κ3) is 5.80. The number of nitrogens with zero attached hydrogens (tertiary/aromatic N) is 5. The molecule has 1 aliphatic rings. The van der Waals surface area contributed by atoms with Crippen molar-refractivity contribution in [1.29, 1.82) is 0 Å². The summed E-state index contributed by atoms with van der Waals surface area (Å²) in [6, 6.07) is 3.83. The second-order valence-electron chi connectivity index (χ2n) is 6.13. The molecule has 3 rings (SSSR count). The number of nitrogens with one attached hydrogen (secondary N) is 1. The minimum Gasteiger partial charge on any atom is -0.481 e. The van der Waals surface area contributed by atoms with Crippen molar-refractivity contribution in [2.45, 2.75) is 19.6 Å². The maximum Gasteiger partial charge on any atom is 0.212 e. The Morgan fingerprint density at radius 3 is 2.89 bits per heavy atom. The van der Waals surface area contributed by atoms with Crippen LogP contribution in [0.3, 0.4) is 0 Å². The van der Waals surface area contributed by atoms with Crippen LogP contribution in [0, 0.1) is 0 Å². The molecule has 1 fully saturated rings. The van der Waals surface area contributed by atoms with Gasteiger partial charge in [-0.3, -0.25) is 4.68 Å². The molecule has 0 aliphatic carbocycles. The van der Waals surface area contributed by atoms with Crippen LogP contribution < -0.4 is 10.1 Å². The van der Waals surface area contributed by atoms with E-state index in [9.17, 15) is 0 Å². The quantitative estimate of drug-likeness (QED) is 0.396. The van der Waals surface area contributed by atoms with Crippen molar-refractivity contribution in [2.75, 3.05) is 33.4 Å². The number of halogens is 1. The Morgan fingerprint density at radius 2 is 2.26 bits per heavy atom. The Labute approximate surface area is 177 Å². The van der Waals surface area contributed by atoms with Gasteiger partial charge < -0.3 is 19.7 Å². The Kier molecular flexibility index (Phi) is 8.29. The van der Waals surface area contributed by atoms with Crippen LogP contribution in [-0.2, 0) is 18.3 Å². The molecule has 0 bridgehead atoms. The lowest BCUT2D eigenvalue weighted by atomic mass is 10.1. The van der Waals surface area contributed by atoms with Gasteiger partial charge in [-0.25, -0.2) is 9.98 Å². The Balaban J connectivity index is 0.00000261. The third-order valence-corrected chi connectivity index (χ3v) is 4.22.